The maximum absolute atomic E-state index is 12.4. The summed E-state index contributed by atoms with van der Waals surface area (Å²) < 4.78 is 25.8. The maximum atomic E-state index is 12.4. The standard InChI is InChI=1S/C30H22N2.C19H22O8/c1-3-11-27-25(7-1)9-5-13-29(27)31-19-15-23(16-20-31)24-17-21-32(22-18-24)30-14-6-10-26-8-2-4-12-28(26)30;20-14-12(15(21)25-18(24-14)7-3-1-4-8-18)11-13-16(22)26-19(27-17(13)23)9-5-2-6-10-19/h1-22H;11,20H,1-10H2/q+2;/p-1. The molecule has 4 aliphatic rings. The number of fused-ring (bicyclic) bond motifs is 2. The number of nitrogens with zero attached hydrogens (tertiary/aromatic N) is 2. The Balaban J connectivity index is 0.000000155. The van der Waals surface area contributed by atoms with E-state index in [1.807, 2.05) is 0 Å². The zero-order valence-electron chi connectivity index (χ0n) is 32.5. The number of carbonyl (C=O) groups is 3. The number of hydrogen-bond donors (Lipinski definition) is 0. The van der Waals surface area contributed by atoms with Gasteiger partial charge in [0.15, 0.2) is 30.6 Å². The average molecular weight is 788 g/mol. The van der Waals surface area contributed by atoms with Crippen molar-refractivity contribution in [2.75, 3.05) is 0 Å². The highest BCUT2D eigenvalue weighted by Gasteiger charge is 2.47. The van der Waals surface area contributed by atoms with Crippen LogP contribution in [-0.2, 0) is 33.3 Å². The van der Waals surface area contributed by atoms with E-state index in [1.165, 1.54) is 44.0 Å². The minimum atomic E-state index is -1.23. The predicted molar refractivity (Wildman–Crippen MR) is 216 cm³/mol. The Morgan fingerprint density at radius 1 is 0.475 bits per heavy atom. The fourth-order valence-electron chi connectivity index (χ4n) is 8.50. The molecule has 4 aromatic carbocycles. The van der Waals surface area contributed by atoms with Gasteiger partial charge in [0.2, 0.25) is 11.4 Å². The van der Waals surface area contributed by atoms with Crippen molar-refractivity contribution < 1.29 is 47.6 Å². The molecule has 2 aromatic heterocycles. The third-order valence-electron chi connectivity index (χ3n) is 11.6. The molecule has 0 radical (unpaired) electrons. The first-order valence-electron chi connectivity index (χ1n) is 20.3. The van der Waals surface area contributed by atoms with Crippen molar-refractivity contribution in [3.63, 3.8) is 0 Å². The Morgan fingerprint density at radius 2 is 0.881 bits per heavy atom. The lowest BCUT2D eigenvalue weighted by molar-refractivity contribution is -0.594. The van der Waals surface area contributed by atoms with Gasteiger partial charge in [0.05, 0.1) is 22.3 Å². The van der Waals surface area contributed by atoms with Gasteiger partial charge >= 0.3 is 17.9 Å². The van der Waals surface area contributed by atoms with Gasteiger partial charge in [-0.1, -0.05) is 73.5 Å². The van der Waals surface area contributed by atoms with Crippen LogP contribution < -0.4 is 14.2 Å². The molecule has 0 N–H and O–H groups in total. The highest BCUT2D eigenvalue weighted by molar-refractivity contribution is 6.16. The number of aromatic nitrogens is 2. The van der Waals surface area contributed by atoms with E-state index in [9.17, 15) is 19.5 Å². The zero-order valence-corrected chi connectivity index (χ0v) is 32.5. The van der Waals surface area contributed by atoms with E-state index in [0.717, 1.165) is 44.6 Å². The fourth-order valence-corrected chi connectivity index (χ4v) is 8.50. The summed E-state index contributed by atoms with van der Waals surface area (Å²) in [6, 6.07) is 38.6. The quantitative estimate of drug-likeness (QED) is 0.0773. The molecular formula is C49H43N2O8+. The van der Waals surface area contributed by atoms with Gasteiger partial charge in [0.1, 0.15) is 5.57 Å². The Hall–Kier alpha value is -6.81. The summed E-state index contributed by atoms with van der Waals surface area (Å²) in [6.07, 6.45) is 16.3. The van der Waals surface area contributed by atoms with Gasteiger partial charge in [-0.2, -0.15) is 9.13 Å². The summed E-state index contributed by atoms with van der Waals surface area (Å²) >= 11 is 0. The van der Waals surface area contributed by atoms with Crippen molar-refractivity contribution in [3.05, 3.63) is 157 Å². The van der Waals surface area contributed by atoms with Crippen molar-refractivity contribution in [3.8, 4) is 22.5 Å². The SMILES string of the molecule is O=C1OC2(CCCCC2)OC(=O)C1=CC1=C([O-])OC2(CCCCC2)OC1=O.c1ccc2c(-[n+]3ccc(-c4cc[n+](-c5cccc6ccccc56)cc4)cc3)cccc2c1. The number of ether oxygens (including phenoxy) is 4. The summed E-state index contributed by atoms with van der Waals surface area (Å²) in [5.41, 5.74) is 3.77. The van der Waals surface area contributed by atoms with Gasteiger partial charge in [-0.25, -0.2) is 14.4 Å². The van der Waals surface area contributed by atoms with Crippen LogP contribution in [0.5, 0.6) is 0 Å². The molecule has 1 saturated heterocycles. The molecule has 0 amide bonds. The van der Waals surface area contributed by atoms with E-state index in [2.05, 4.69) is 143 Å². The van der Waals surface area contributed by atoms with Crippen molar-refractivity contribution in [2.45, 2.75) is 75.8 Å². The Bertz CT molecular complexity index is 2480. The van der Waals surface area contributed by atoms with Crippen LogP contribution in [0.3, 0.4) is 0 Å². The van der Waals surface area contributed by atoms with Crippen LogP contribution >= 0.6 is 0 Å². The molecule has 0 bridgehead atoms. The fraction of sp³-hybridized carbons (Fsp3) is 0.245. The van der Waals surface area contributed by atoms with Crippen LogP contribution in [0.25, 0.3) is 44.0 Å². The van der Waals surface area contributed by atoms with E-state index in [-0.39, 0.29) is 0 Å². The third kappa shape index (κ3) is 7.66. The lowest BCUT2D eigenvalue weighted by Crippen LogP contribution is -2.48. The van der Waals surface area contributed by atoms with E-state index < -0.39 is 46.6 Å². The van der Waals surface area contributed by atoms with Crippen LogP contribution in [0.1, 0.15) is 64.2 Å². The van der Waals surface area contributed by atoms with Gasteiger partial charge in [0.25, 0.3) is 5.79 Å². The van der Waals surface area contributed by atoms with Gasteiger partial charge in [-0.05, 0) is 78.6 Å². The monoisotopic (exact) mass is 787 g/mol. The van der Waals surface area contributed by atoms with E-state index >= 15 is 0 Å². The summed E-state index contributed by atoms with van der Waals surface area (Å²) in [4.78, 5) is 37.1. The minimum absolute atomic E-state index is 0.445. The summed E-state index contributed by atoms with van der Waals surface area (Å²) in [7, 11) is 0. The number of benzene rings is 4. The van der Waals surface area contributed by atoms with E-state index in [4.69, 9.17) is 18.9 Å². The number of hydrogen-bond acceptors (Lipinski definition) is 8. The molecule has 10 rings (SSSR count). The molecule has 2 aliphatic carbocycles. The Morgan fingerprint density at radius 3 is 1.34 bits per heavy atom. The average Bonchev–Trinajstić information content (AvgIpc) is 3.26. The van der Waals surface area contributed by atoms with Crippen LogP contribution in [-0.4, -0.2) is 29.5 Å². The lowest BCUT2D eigenvalue weighted by Gasteiger charge is -2.46. The van der Waals surface area contributed by atoms with E-state index in [0.29, 0.717) is 25.7 Å². The molecule has 2 spiro atoms. The van der Waals surface area contributed by atoms with Crippen LogP contribution in [0.2, 0.25) is 0 Å². The van der Waals surface area contributed by atoms with Crippen molar-refractivity contribution in [1.82, 2.24) is 0 Å². The van der Waals surface area contributed by atoms with Crippen LogP contribution in [0.4, 0.5) is 0 Å². The molecule has 6 aromatic rings. The normalized spacial score (nSPS) is 18.4. The lowest BCUT2D eigenvalue weighted by atomic mass is 9.92. The predicted octanol–water partition coefficient (Wildman–Crippen LogP) is 7.69. The van der Waals surface area contributed by atoms with Crippen LogP contribution in [0, 0.1) is 0 Å². The van der Waals surface area contributed by atoms with Crippen molar-refractivity contribution >= 4 is 39.5 Å². The molecule has 4 heterocycles. The smallest absolute Gasteiger partial charge is 0.348 e. The highest BCUT2D eigenvalue weighted by Crippen LogP contribution is 2.40. The van der Waals surface area contributed by atoms with E-state index in [1.54, 1.807) is 0 Å². The minimum Gasteiger partial charge on any atom is -0.574 e. The highest BCUT2D eigenvalue weighted by atomic mass is 16.8. The summed E-state index contributed by atoms with van der Waals surface area (Å²) in [5.74, 6) is -6.07. The second kappa shape index (κ2) is 15.9. The molecule has 2 saturated carbocycles. The van der Waals surface area contributed by atoms with Gasteiger partial charge < -0.3 is 24.1 Å². The molecule has 0 unspecified atom stereocenters. The maximum Gasteiger partial charge on any atom is 0.348 e. The van der Waals surface area contributed by atoms with Crippen LogP contribution in [0.15, 0.2) is 157 Å². The van der Waals surface area contributed by atoms with Crippen molar-refractivity contribution in [2.24, 2.45) is 0 Å². The molecule has 3 fully saturated rings. The third-order valence-corrected chi connectivity index (χ3v) is 11.6. The number of pyridine rings is 2. The summed E-state index contributed by atoms with van der Waals surface area (Å²) in [5, 5.41) is 17.4. The second-order valence-corrected chi connectivity index (χ2v) is 15.5. The van der Waals surface area contributed by atoms with Gasteiger partial charge in [-0.15, -0.1) is 0 Å². The van der Waals surface area contributed by atoms with Gasteiger partial charge in [-0.3, -0.25) is 0 Å². The molecule has 2 aliphatic heterocycles. The first-order chi connectivity index (χ1) is 28.8. The molecule has 10 nitrogen and oxygen atoms in total. The molecule has 10 heteroatoms. The molecule has 59 heavy (non-hydrogen) atoms. The molecular weight excluding hydrogens is 745 g/mol. The second-order valence-electron chi connectivity index (χ2n) is 15.5. The number of esters is 3. The first-order valence-corrected chi connectivity index (χ1v) is 20.3. The van der Waals surface area contributed by atoms with Gasteiger partial charge in [0, 0.05) is 49.2 Å². The largest absolute Gasteiger partial charge is 0.574 e. The summed E-state index contributed by atoms with van der Waals surface area (Å²) in [6.45, 7) is 0. The zero-order chi connectivity index (χ0) is 40.4. The van der Waals surface area contributed by atoms with Crippen molar-refractivity contribution in [1.29, 1.82) is 0 Å². The Labute approximate surface area is 341 Å². The molecule has 296 valence electrons. The number of carbonyl (C=O) groups excluding carboxylic acids is 3. The topological polar surface area (TPSA) is 119 Å². The Kier molecular flexibility index (Phi) is 10.1. The first kappa shape index (κ1) is 37.7. The number of rotatable bonds is 4. The molecule has 0 atom stereocenters.